The van der Waals surface area contributed by atoms with Gasteiger partial charge in [-0.3, -0.25) is 0 Å². The van der Waals surface area contributed by atoms with E-state index in [1.165, 1.54) is 38.5 Å². The first kappa shape index (κ1) is 29.6. The molecule has 38 heavy (non-hydrogen) atoms. The number of benzene rings is 2. The fourth-order valence-corrected chi connectivity index (χ4v) is 7.19. The molecule has 0 aliphatic heterocycles. The Morgan fingerprint density at radius 3 is 2.24 bits per heavy atom. The van der Waals surface area contributed by atoms with Crippen LogP contribution in [-0.4, -0.2) is 57.7 Å². The molecule has 0 bridgehead atoms. The van der Waals surface area contributed by atoms with Crippen molar-refractivity contribution < 1.29 is 36.1 Å². The fourth-order valence-electron chi connectivity index (χ4n) is 5.15. The van der Waals surface area contributed by atoms with Gasteiger partial charge in [0, 0.05) is 12.3 Å². The zero-order chi connectivity index (χ0) is 27.6. The monoisotopic (exact) mass is 547 g/mol. The maximum Gasteiger partial charge on any atom is 0.533 e. The highest BCUT2D eigenvalue weighted by Crippen LogP contribution is 2.38. The summed E-state index contributed by atoms with van der Waals surface area (Å²) in [6.07, 6.45) is 3.53. The molecule has 1 unspecified atom stereocenters. The van der Waals surface area contributed by atoms with Gasteiger partial charge >= 0.3 is 22.1 Å². The fraction of sp³-hybridized carbons (Fsp3) is 0.500. The van der Waals surface area contributed by atoms with Crippen LogP contribution in [0.1, 0.15) is 50.5 Å². The van der Waals surface area contributed by atoms with Crippen molar-refractivity contribution in [2.75, 3.05) is 27.3 Å². The number of quaternary nitrogens is 1. The van der Waals surface area contributed by atoms with Crippen LogP contribution in [0.2, 0.25) is 0 Å². The number of methoxy groups -OCH3 is 2. The number of unbranched alkanes of at least 4 members (excludes halogenated alkanes) is 1. The van der Waals surface area contributed by atoms with Gasteiger partial charge in [-0.15, -0.1) is 3.89 Å². The Labute approximate surface area is 225 Å². The average molecular weight is 548 g/mol. The van der Waals surface area contributed by atoms with E-state index in [1.54, 1.807) is 12.1 Å². The highest BCUT2D eigenvalue weighted by Gasteiger charge is 2.61. The van der Waals surface area contributed by atoms with Crippen LogP contribution < -0.4 is 10.5 Å². The highest BCUT2D eigenvalue weighted by atomic mass is 32.2. The molecule has 2 aromatic rings. The van der Waals surface area contributed by atoms with Gasteiger partial charge in [0.2, 0.25) is 6.04 Å². The lowest BCUT2D eigenvalue weighted by molar-refractivity contribution is -0.756. The number of carbonyl (C=O) groups excluding carboxylic acids is 2. The summed E-state index contributed by atoms with van der Waals surface area (Å²) in [7, 11) is -1.81. The molecule has 2 atom stereocenters. The van der Waals surface area contributed by atoms with Crippen molar-refractivity contribution in [3.8, 4) is 5.75 Å². The predicted octanol–water partition coefficient (Wildman–Crippen LogP) is 4.40. The number of sulfonamides is 1. The van der Waals surface area contributed by atoms with Gasteiger partial charge < -0.3 is 19.9 Å². The van der Waals surface area contributed by atoms with E-state index in [0.717, 1.165) is 25.7 Å². The third kappa shape index (κ3) is 6.54. The summed E-state index contributed by atoms with van der Waals surface area (Å²) in [6.45, 7) is 0.170. The van der Waals surface area contributed by atoms with Gasteiger partial charge in [-0.05, 0) is 62.1 Å². The highest BCUT2D eigenvalue weighted by molar-refractivity contribution is 7.86. The van der Waals surface area contributed by atoms with E-state index in [4.69, 9.17) is 19.9 Å². The van der Waals surface area contributed by atoms with Gasteiger partial charge in [-0.25, -0.2) is 4.79 Å². The Hall–Kier alpha value is -2.95. The Bertz CT molecular complexity index is 1150. The lowest BCUT2D eigenvalue weighted by atomic mass is 10.0. The second-order valence-corrected chi connectivity index (χ2v) is 11.7. The van der Waals surface area contributed by atoms with Gasteiger partial charge in [0.25, 0.3) is 0 Å². The van der Waals surface area contributed by atoms with Crippen LogP contribution in [-0.2, 0) is 30.9 Å². The number of nitrogens with two attached hydrogens (primary N) is 1. The first-order chi connectivity index (χ1) is 18.3. The number of esters is 1. The van der Waals surface area contributed by atoms with E-state index in [9.17, 15) is 18.0 Å². The smallest absolute Gasteiger partial charge is 0.497 e. The normalized spacial score (nSPS) is 16.4. The van der Waals surface area contributed by atoms with E-state index in [-0.39, 0.29) is 30.4 Å². The summed E-state index contributed by atoms with van der Waals surface area (Å²) in [5.41, 5.74) is 6.41. The largest absolute Gasteiger partial charge is 0.533 e. The van der Waals surface area contributed by atoms with Crippen LogP contribution in [0, 0.1) is 5.92 Å². The standard InChI is InChI=1S/C28H39N2O7S/c1-35-24-15-17-25(18-16-24)38(33,34)30(20-22-10-6-7-11-22,26(27(31)36-2)14-8-9-19-29)28(32)37-21-23-12-4-3-5-13-23/h3-5,12-13,15-18,22,26H,6-11,14,19-21,29H2,1-2H3/q+1/t26-,30?/m0/s1. The first-order valence-electron chi connectivity index (χ1n) is 13.1. The molecule has 10 heteroatoms. The molecule has 9 nitrogen and oxygen atoms in total. The second-order valence-electron chi connectivity index (χ2n) is 9.64. The summed E-state index contributed by atoms with van der Waals surface area (Å²) in [5, 5.41) is 0. The molecule has 1 aliphatic carbocycles. The molecule has 0 aromatic heterocycles. The van der Waals surface area contributed by atoms with Gasteiger partial charge in [-0.1, -0.05) is 43.2 Å². The molecule has 2 N–H and O–H groups in total. The first-order valence-corrected chi connectivity index (χ1v) is 14.5. The Balaban J connectivity index is 2.18. The summed E-state index contributed by atoms with van der Waals surface area (Å²) >= 11 is 0. The van der Waals surface area contributed by atoms with Gasteiger partial charge in [0.05, 0.1) is 14.2 Å². The van der Waals surface area contributed by atoms with Crippen LogP contribution in [0.25, 0.3) is 0 Å². The van der Waals surface area contributed by atoms with E-state index in [2.05, 4.69) is 0 Å². The van der Waals surface area contributed by atoms with E-state index in [0.29, 0.717) is 30.7 Å². The topological polar surface area (TPSA) is 122 Å². The van der Waals surface area contributed by atoms with Crippen molar-refractivity contribution in [2.45, 2.75) is 62.5 Å². The van der Waals surface area contributed by atoms with Gasteiger partial charge in [-0.2, -0.15) is 13.2 Å². The lowest BCUT2D eigenvalue weighted by Crippen LogP contribution is -2.66. The number of amides is 1. The number of ether oxygens (including phenoxy) is 3. The summed E-state index contributed by atoms with van der Waals surface area (Å²) in [4.78, 5) is 27.4. The molecule has 1 saturated carbocycles. The number of hydrogen-bond acceptors (Lipinski definition) is 8. The Morgan fingerprint density at radius 1 is 1.00 bits per heavy atom. The minimum Gasteiger partial charge on any atom is -0.497 e. The molecule has 1 amide bonds. The SMILES string of the molecule is COC(=O)[C@H](CCCCN)[N+](CC1CCCC1)(C(=O)OCc1ccccc1)S(=O)(=O)c1ccc(OC)cc1. The molecule has 1 aliphatic rings. The molecule has 0 radical (unpaired) electrons. The summed E-state index contributed by atoms with van der Waals surface area (Å²) < 4.78 is 44.0. The quantitative estimate of drug-likeness (QED) is 0.222. The molecule has 0 heterocycles. The zero-order valence-electron chi connectivity index (χ0n) is 22.2. The second kappa shape index (κ2) is 13.7. The third-order valence-corrected chi connectivity index (χ3v) is 9.49. The minimum absolute atomic E-state index is 0.0750. The van der Waals surface area contributed by atoms with Crippen molar-refractivity contribution in [2.24, 2.45) is 11.7 Å². The summed E-state index contributed by atoms with van der Waals surface area (Å²) in [5.74, 6) is -0.375. The lowest BCUT2D eigenvalue weighted by Gasteiger charge is -2.39. The maximum atomic E-state index is 14.6. The van der Waals surface area contributed by atoms with Gasteiger partial charge in [0.15, 0.2) is 0 Å². The van der Waals surface area contributed by atoms with Crippen molar-refractivity contribution in [3.05, 3.63) is 60.2 Å². The zero-order valence-corrected chi connectivity index (χ0v) is 23.0. The molecule has 2 aromatic carbocycles. The molecule has 3 rings (SSSR count). The third-order valence-electron chi connectivity index (χ3n) is 7.21. The van der Waals surface area contributed by atoms with Crippen LogP contribution in [0.3, 0.4) is 0 Å². The van der Waals surface area contributed by atoms with Crippen molar-refractivity contribution in [3.63, 3.8) is 0 Å². The maximum absolute atomic E-state index is 14.6. The van der Waals surface area contributed by atoms with Crippen molar-refractivity contribution in [1.82, 2.24) is 0 Å². The molecule has 0 saturated heterocycles. The van der Waals surface area contributed by atoms with E-state index >= 15 is 0 Å². The van der Waals surface area contributed by atoms with Gasteiger partial charge in [0.1, 0.15) is 23.8 Å². The summed E-state index contributed by atoms with van der Waals surface area (Å²) in [6, 6.07) is 13.5. The van der Waals surface area contributed by atoms with Crippen LogP contribution >= 0.6 is 0 Å². The predicted molar refractivity (Wildman–Crippen MR) is 143 cm³/mol. The molecular formula is C28H39N2O7S+. The number of nitrogens with zero attached hydrogens (tertiary/aromatic N) is 1. The molecule has 0 spiro atoms. The van der Waals surface area contributed by atoms with Crippen LogP contribution in [0.4, 0.5) is 4.79 Å². The Morgan fingerprint density at radius 2 is 1.66 bits per heavy atom. The van der Waals surface area contributed by atoms with Crippen molar-refractivity contribution in [1.29, 1.82) is 0 Å². The number of rotatable bonds is 13. The average Bonchev–Trinajstić information content (AvgIpc) is 3.46. The number of carbonyl (C=O) groups is 2. The van der Waals surface area contributed by atoms with Crippen LogP contribution in [0.5, 0.6) is 5.75 Å². The minimum atomic E-state index is -4.49. The van der Waals surface area contributed by atoms with E-state index < -0.39 is 32.0 Å². The van der Waals surface area contributed by atoms with Crippen molar-refractivity contribution >= 4 is 22.1 Å². The molecular weight excluding hydrogens is 508 g/mol. The van der Waals surface area contributed by atoms with E-state index in [1.807, 2.05) is 18.2 Å². The Kier molecular flexibility index (Phi) is 10.7. The van der Waals surface area contributed by atoms with Crippen LogP contribution in [0.15, 0.2) is 59.5 Å². The molecule has 1 fully saturated rings. The molecule has 208 valence electrons. The number of hydrogen-bond donors (Lipinski definition) is 1.